The highest BCUT2D eigenvalue weighted by Gasteiger charge is 2.13. The molecule has 0 aliphatic heterocycles. The third-order valence-electron chi connectivity index (χ3n) is 4.61. The summed E-state index contributed by atoms with van der Waals surface area (Å²) in [7, 11) is 0. The first-order valence-electron chi connectivity index (χ1n) is 8.25. The average molecular weight is 299 g/mol. The molecule has 4 aromatic rings. The van der Waals surface area contributed by atoms with Crippen LogP contribution in [-0.4, -0.2) is 4.57 Å². The molecule has 0 bridgehead atoms. The van der Waals surface area contributed by atoms with Crippen molar-refractivity contribution < 1.29 is 0 Å². The quantitative estimate of drug-likeness (QED) is 0.406. The minimum Gasteiger partial charge on any atom is -0.338 e. The average Bonchev–Trinajstić information content (AvgIpc) is 2.89. The Labute approximate surface area is 137 Å². The third kappa shape index (κ3) is 2.24. The number of aryl methyl sites for hydroxylation is 1. The number of nitrogens with zero attached hydrogens (tertiary/aromatic N) is 1. The summed E-state index contributed by atoms with van der Waals surface area (Å²) in [5.74, 6) is 0. The normalized spacial score (nSPS) is 11.7. The fourth-order valence-corrected chi connectivity index (χ4v) is 3.48. The summed E-state index contributed by atoms with van der Waals surface area (Å²) >= 11 is 0. The largest absolute Gasteiger partial charge is 0.338 e. The third-order valence-corrected chi connectivity index (χ3v) is 4.61. The Bertz CT molecular complexity index is 988. The van der Waals surface area contributed by atoms with Gasteiger partial charge in [0.25, 0.3) is 0 Å². The van der Waals surface area contributed by atoms with Gasteiger partial charge in [0.1, 0.15) is 0 Å². The predicted octanol–water partition coefficient (Wildman–Crippen LogP) is 6.35. The number of benzene rings is 3. The van der Waals surface area contributed by atoms with Gasteiger partial charge in [-0.05, 0) is 50.1 Å². The molecule has 0 saturated carbocycles. The van der Waals surface area contributed by atoms with Crippen molar-refractivity contribution in [2.24, 2.45) is 0 Å². The summed E-state index contributed by atoms with van der Waals surface area (Å²) in [6.07, 6.45) is 0. The SMILES string of the molecule is Cc1ccc(-c2ccc3c(c2)c2ccccc2n3C(C)C)cc1. The molecule has 114 valence electrons. The fourth-order valence-electron chi connectivity index (χ4n) is 3.48. The molecule has 0 aliphatic carbocycles. The van der Waals surface area contributed by atoms with Gasteiger partial charge in [-0.1, -0.05) is 54.1 Å². The standard InChI is InChI=1S/C22H21N/c1-15(2)23-21-7-5-4-6-19(21)20-14-18(12-13-22(20)23)17-10-8-16(3)9-11-17/h4-15H,1-3H3. The summed E-state index contributed by atoms with van der Waals surface area (Å²) in [4.78, 5) is 0. The molecular formula is C22H21N. The first kappa shape index (κ1) is 14.1. The Balaban J connectivity index is 2.02. The Hall–Kier alpha value is -2.54. The molecule has 1 nitrogen and oxygen atoms in total. The number of rotatable bonds is 2. The van der Waals surface area contributed by atoms with E-state index in [9.17, 15) is 0 Å². The molecule has 4 rings (SSSR count). The number of aromatic nitrogens is 1. The van der Waals surface area contributed by atoms with Crippen molar-refractivity contribution in [1.29, 1.82) is 0 Å². The van der Waals surface area contributed by atoms with Gasteiger partial charge < -0.3 is 4.57 Å². The highest BCUT2D eigenvalue weighted by molar-refractivity contribution is 6.09. The van der Waals surface area contributed by atoms with Crippen molar-refractivity contribution >= 4 is 21.8 Å². The first-order chi connectivity index (χ1) is 11.1. The lowest BCUT2D eigenvalue weighted by Gasteiger charge is -2.11. The summed E-state index contributed by atoms with van der Waals surface area (Å²) in [5.41, 5.74) is 6.49. The van der Waals surface area contributed by atoms with Crippen LogP contribution in [0.15, 0.2) is 66.7 Å². The molecule has 0 fully saturated rings. The van der Waals surface area contributed by atoms with Crippen molar-refractivity contribution in [3.05, 3.63) is 72.3 Å². The Morgan fingerprint density at radius 1 is 0.696 bits per heavy atom. The van der Waals surface area contributed by atoms with Crippen LogP contribution in [0.4, 0.5) is 0 Å². The Morgan fingerprint density at radius 3 is 2.09 bits per heavy atom. The molecule has 0 radical (unpaired) electrons. The molecule has 0 unspecified atom stereocenters. The van der Waals surface area contributed by atoms with Crippen LogP contribution in [0, 0.1) is 6.92 Å². The summed E-state index contributed by atoms with van der Waals surface area (Å²) < 4.78 is 2.43. The number of hydrogen-bond donors (Lipinski definition) is 0. The van der Waals surface area contributed by atoms with E-state index in [0.29, 0.717) is 6.04 Å². The second-order valence-corrected chi connectivity index (χ2v) is 6.58. The minimum absolute atomic E-state index is 0.447. The van der Waals surface area contributed by atoms with Gasteiger partial charge in [0.05, 0.1) is 0 Å². The lowest BCUT2D eigenvalue weighted by molar-refractivity contribution is 0.642. The minimum atomic E-state index is 0.447. The van der Waals surface area contributed by atoms with Crippen molar-refractivity contribution in [3.63, 3.8) is 0 Å². The smallest absolute Gasteiger partial charge is 0.0494 e. The van der Waals surface area contributed by atoms with Crippen LogP contribution in [-0.2, 0) is 0 Å². The Kier molecular flexibility index (Phi) is 3.23. The van der Waals surface area contributed by atoms with Gasteiger partial charge in [0.2, 0.25) is 0 Å². The van der Waals surface area contributed by atoms with Gasteiger partial charge in [0, 0.05) is 27.8 Å². The zero-order valence-corrected chi connectivity index (χ0v) is 13.9. The molecule has 23 heavy (non-hydrogen) atoms. The lowest BCUT2D eigenvalue weighted by Crippen LogP contribution is -1.99. The lowest BCUT2D eigenvalue weighted by atomic mass is 10.0. The molecule has 0 saturated heterocycles. The van der Waals surface area contributed by atoms with Gasteiger partial charge in [-0.25, -0.2) is 0 Å². The van der Waals surface area contributed by atoms with Gasteiger partial charge in [-0.3, -0.25) is 0 Å². The van der Waals surface area contributed by atoms with E-state index in [-0.39, 0.29) is 0 Å². The van der Waals surface area contributed by atoms with Crippen LogP contribution in [0.1, 0.15) is 25.5 Å². The number of para-hydroxylation sites is 1. The highest BCUT2D eigenvalue weighted by Crippen LogP contribution is 2.34. The Morgan fingerprint density at radius 2 is 1.35 bits per heavy atom. The number of fused-ring (bicyclic) bond motifs is 3. The van der Waals surface area contributed by atoms with E-state index < -0.39 is 0 Å². The maximum atomic E-state index is 2.43. The number of hydrogen-bond acceptors (Lipinski definition) is 0. The van der Waals surface area contributed by atoms with Crippen molar-refractivity contribution in [3.8, 4) is 11.1 Å². The van der Waals surface area contributed by atoms with E-state index in [1.54, 1.807) is 0 Å². The van der Waals surface area contributed by atoms with E-state index >= 15 is 0 Å². The zero-order chi connectivity index (χ0) is 16.0. The first-order valence-corrected chi connectivity index (χ1v) is 8.25. The van der Waals surface area contributed by atoms with Gasteiger partial charge in [0.15, 0.2) is 0 Å². The topological polar surface area (TPSA) is 4.93 Å². The van der Waals surface area contributed by atoms with Crippen LogP contribution >= 0.6 is 0 Å². The molecule has 0 N–H and O–H groups in total. The molecule has 0 amide bonds. The second kappa shape index (κ2) is 5.27. The maximum absolute atomic E-state index is 2.43. The van der Waals surface area contributed by atoms with E-state index in [2.05, 4.69) is 92.1 Å². The van der Waals surface area contributed by atoms with Crippen molar-refractivity contribution in [1.82, 2.24) is 4.57 Å². The molecule has 0 aliphatic rings. The molecule has 3 aromatic carbocycles. The molecule has 1 heteroatoms. The summed E-state index contributed by atoms with van der Waals surface area (Å²) in [6.45, 7) is 6.63. The maximum Gasteiger partial charge on any atom is 0.0494 e. The molecular weight excluding hydrogens is 278 g/mol. The van der Waals surface area contributed by atoms with Crippen LogP contribution in [0.25, 0.3) is 32.9 Å². The van der Waals surface area contributed by atoms with Crippen LogP contribution in [0.3, 0.4) is 0 Å². The van der Waals surface area contributed by atoms with E-state index in [1.165, 1.54) is 38.5 Å². The predicted molar refractivity (Wildman–Crippen MR) is 100 cm³/mol. The van der Waals surface area contributed by atoms with Crippen LogP contribution < -0.4 is 0 Å². The van der Waals surface area contributed by atoms with E-state index in [0.717, 1.165) is 0 Å². The molecule has 0 atom stereocenters. The molecule has 1 aromatic heterocycles. The monoisotopic (exact) mass is 299 g/mol. The summed E-state index contributed by atoms with van der Waals surface area (Å²) in [5, 5.41) is 2.68. The van der Waals surface area contributed by atoms with Gasteiger partial charge >= 0.3 is 0 Å². The molecule has 1 heterocycles. The van der Waals surface area contributed by atoms with E-state index in [1.807, 2.05) is 0 Å². The second-order valence-electron chi connectivity index (χ2n) is 6.58. The van der Waals surface area contributed by atoms with Crippen molar-refractivity contribution in [2.75, 3.05) is 0 Å². The van der Waals surface area contributed by atoms with Gasteiger partial charge in [-0.15, -0.1) is 0 Å². The van der Waals surface area contributed by atoms with Crippen LogP contribution in [0.5, 0.6) is 0 Å². The van der Waals surface area contributed by atoms with Crippen LogP contribution in [0.2, 0.25) is 0 Å². The van der Waals surface area contributed by atoms with Crippen molar-refractivity contribution in [2.45, 2.75) is 26.8 Å². The fraction of sp³-hybridized carbons (Fsp3) is 0.182. The summed E-state index contributed by atoms with van der Waals surface area (Å²) in [6, 6.07) is 24.8. The zero-order valence-electron chi connectivity index (χ0n) is 13.9. The van der Waals surface area contributed by atoms with E-state index in [4.69, 9.17) is 0 Å². The van der Waals surface area contributed by atoms with Gasteiger partial charge in [-0.2, -0.15) is 0 Å². The molecule has 0 spiro atoms. The highest BCUT2D eigenvalue weighted by atomic mass is 15.0.